The number of carbonyl (C=O) groups excluding carboxylic acids is 1. The average molecular weight is 332 g/mol. The van der Waals surface area contributed by atoms with Gasteiger partial charge in [0.2, 0.25) is 0 Å². The van der Waals surface area contributed by atoms with Crippen LogP contribution in [-0.2, 0) is 0 Å². The Labute approximate surface area is 119 Å². The number of amides is 1. The van der Waals surface area contributed by atoms with E-state index in [0.29, 0.717) is 6.54 Å². The number of carbonyl (C=O) groups is 1. The van der Waals surface area contributed by atoms with Crippen molar-refractivity contribution in [2.45, 2.75) is 32.6 Å². The maximum atomic E-state index is 13.6. The van der Waals surface area contributed by atoms with Crippen molar-refractivity contribution in [3.8, 4) is 0 Å². The van der Waals surface area contributed by atoms with E-state index in [1.54, 1.807) is 0 Å². The zero-order chi connectivity index (χ0) is 14.0. The molecule has 2 rings (SSSR count). The highest BCUT2D eigenvalue weighted by Crippen LogP contribution is 2.48. The van der Waals surface area contributed by atoms with Crippen molar-refractivity contribution in [2.24, 2.45) is 5.41 Å². The lowest BCUT2D eigenvalue weighted by Crippen LogP contribution is -2.31. The molecule has 1 amide bonds. The molecular weight excluding hydrogens is 316 g/mol. The van der Waals surface area contributed by atoms with Crippen molar-refractivity contribution in [3.05, 3.63) is 33.8 Å². The average Bonchev–Trinajstić information content (AvgIpc) is 3.06. The molecule has 19 heavy (non-hydrogen) atoms. The van der Waals surface area contributed by atoms with E-state index in [1.807, 2.05) is 0 Å². The largest absolute Gasteiger partial charge is 0.351 e. The molecule has 104 valence electrons. The monoisotopic (exact) mass is 331 g/mol. The molecule has 1 N–H and O–H groups in total. The second-order valence-corrected chi connectivity index (χ2v) is 6.09. The van der Waals surface area contributed by atoms with E-state index in [1.165, 1.54) is 0 Å². The molecular formula is C14H16BrF2NO. The Morgan fingerprint density at radius 1 is 1.37 bits per heavy atom. The van der Waals surface area contributed by atoms with E-state index in [9.17, 15) is 13.6 Å². The van der Waals surface area contributed by atoms with Crippen LogP contribution < -0.4 is 5.32 Å². The summed E-state index contributed by atoms with van der Waals surface area (Å²) in [5.41, 5.74) is -0.345. The number of hydrogen-bond acceptors (Lipinski definition) is 1. The summed E-state index contributed by atoms with van der Waals surface area (Å²) >= 11 is 2.99. The van der Waals surface area contributed by atoms with Gasteiger partial charge < -0.3 is 5.32 Å². The van der Waals surface area contributed by atoms with Crippen molar-refractivity contribution in [1.82, 2.24) is 5.32 Å². The summed E-state index contributed by atoms with van der Waals surface area (Å²) in [6, 6.07) is 2.19. The van der Waals surface area contributed by atoms with Gasteiger partial charge in [0, 0.05) is 11.0 Å². The van der Waals surface area contributed by atoms with E-state index < -0.39 is 23.1 Å². The second kappa shape index (κ2) is 5.57. The Balaban J connectivity index is 2.05. The molecule has 1 aliphatic rings. The smallest absolute Gasteiger partial charge is 0.257 e. The SMILES string of the molecule is CCCC1(CNC(=O)c2c(F)cc(Br)cc2F)CC1. The fourth-order valence-electron chi connectivity index (χ4n) is 2.34. The van der Waals surface area contributed by atoms with Crippen molar-refractivity contribution < 1.29 is 13.6 Å². The second-order valence-electron chi connectivity index (χ2n) is 5.18. The first-order valence-corrected chi connectivity index (χ1v) is 7.19. The van der Waals surface area contributed by atoms with E-state index in [-0.39, 0.29) is 9.89 Å². The molecule has 2 nitrogen and oxygen atoms in total. The topological polar surface area (TPSA) is 29.1 Å². The third kappa shape index (κ3) is 3.32. The zero-order valence-electron chi connectivity index (χ0n) is 10.7. The van der Waals surface area contributed by atoms with Gasteiger partial charge in [-0.05, 0) is 36.8 Å². The first-order valence-electron chi connectivity index (χ1n) is 6.40. The zero-order valence-corrected chi connectivity index (χ0v) is 12.3. The highest BCUT2D eigenvalue weighted by molar-refractivity contribution is 9.10. The first kappa shape index (κ1) is 14.4. The summed E-state index contributed by atoms with van der Waals surface area (Å²) in [6.07, 6.45) is 4.24. The minimum Gasteiger partial charge on any atom is -0.351 e. The van der Waals surface area contributed by atoms with Crippen LogP contribution in [0.25, 0.3) is 0 Å². The van der Waals surface area contributed by atoms with Gasteiger partial charge in [0.1, 0.15) is 17.2 Å². The van der Waals surface area contributed by atoms with E-state index in [2.05, 4.69) is 28.2 Å². The van der Waals surface area contributed by atoms with Crippen LogP contribution in [0.4, 0.5) is 8.78 Å². The Morgan fingerprint density at radius 3 is 2.42 bits per heavy atom. The highest BCUT2D eigenvalue weighted by atomic mass is 79.9. The normalized spacial score (nSPS) is 16.2. The molecule has 1 fully saturated rings. The molecule has 1 aromatic carbocycles. The molecule has 1 aromatic rings. The Hall–Kier alpha value is -0.970. The highest BCUT2D eigenvalue weighted by Gasteiger charge is 2.41. The maximum Gasteiger partial charge on any atom is 0.257 e. The first-order chi connectivity index (χ1) is 8.97. The Morgan fingerprint density at radius 2 is 1.95 bits per heavy atom. The van der Waals surface area contributed by atoms with Gasteiger partial charge >= 0.3 is 0 Å². The molecule has 0 saturated heterocycles. The summed E-state index contributed by atoms with van der Waals surface area (Å²) in [5.74, 6) is -2.36. The molecule has 0 spiro atoms. The molecule has 5 heteroatoms. The van der Waals surface area contributed by atoms with Gasteiger partial charge in [0.15, 0.2) is 0 Å². The minimum atomic E-state index is -0.843. The van der Waals surface area contributed by atoms with Crippen LogP contribution in [0.1, 0.15) is 43.0 Å². The standard InChI is InChI=1S/C14H16BrF2NO/c1-2-3-14(4-5-14)8-18-13(19)12-10(16)6-9(15)7-11(12)17/h6-7H,2-5,8H2,1H3,(H,18,19). The van der Waals surface area contributed by atoms with Crippen LogP contribution >= 0.6 is 15.9 Å². The molecule has 1 saturated carbocycles. The fraction of sp³-hybridized carbons (Fsp3) is 0.500. The minimum absolute atomic E-state index is 0.159. The Bertz CT molecular complexity index is 477. The molecule has 0 radical (unpaired) electrons. The molecule has 0 unspecified atom stereocenters. The fourth-order valence-corrected chi connectivity index (χ4v) is 2.74. The lowest BCUT2D eigenvalue weighted by Gasteiger charge is -2.15. The molecule has 1 aliphatic carbocycles. The third-order valence-corrected chi connectivity index (χ3v) is 4.05. The van der Waals surface area contributed by atoms with Gasteiger partial charge in [0.25, 0.3) is 5.91 Å². The summed E-state index contributed by atoms with van der Waals surface area (Å²) in [4.78, 5) is 11.9. The van der Waals surface area contributed by atoms with Crippen molar-refractivity contribution in [1.29, 1.82) is 0 Å². The molecule has 0 heterocycles. The van der Waals surface area contributed by atoms with Gasteiger partial charge in [-0.3, -0.25) is 4.79 Å². The Kier molecular flexibility index (Phi) is 4.23. The maximum absolute atomic E-state index is 13.6. The summed E-state index contributed by atoms with van der Waals surface area (Å²) in [6.45, 7) is 2.59. The van der Waals surface area contributed by atoms with Crippen LogP contribution in [0.15, 0.2) is 16.6 Å². The number of halogens is 3. The van der Waals surface area contributed by atoms with Crippen molar-refractivity contribution in [2.75, 3.05) is 6.54 Å². The lowest BCUT2D eigenvalue weighted by atomic mass is 10.0. The van der Waals surface area contributed by atoms with Crippen LogP contribution in [0.3, 0.4) is 0 Å². The van der Waals surface area contributed by atoms with Crippen LogP contribution in [0.2, 0.25) is 0 Å². The summed E-state index contributed by atoms with van der Waals surface area (Å²) in [5, 5.41) is 2.65. The van der Waals surface area contributed by atoms with E-state index in [4.69, 9.17) is 0 Å². The summed E-state index contributed by atoms with van der Waals surface area (Å²) in [7, 11) is 0. The third-order valence-electron chi connectivity index (χ3n) is 3.60. The predicted octanol–water partition coefficient (Wildman–Crippen LogP) is 4.04. The van der Waals surface area contributed by atoms with Crippen molar-refractivity contribution in [3.63, 3.8) is 0 Å². The van der Waals surface area contributed by atoms with Gasteiger partial charge in [-0.2, -0.15) is 0 Å². The molecule has 0 aromatic heterocycles. The van der Waals surface area contributed by atoms with Crippen LogP contribution in [-0.4, -0.2) is 12.5 Å². The van der Waals surface area contributed by atoms with Gasteiger partial charge in [-0.1, -0.05) is 29.3 Å². The lowest BCUT2D eigenvalue weighted by molar-refractivity contribution is 0.0935. The molecule has 0 aliphatic heterocycles. The van der Waals surface area contributed by atoms with Crippen LogP contribution in [0, 0.1) is 17.0 Å². The van der Waals surface area contributed by atoms with E-state index in [0.717, 1.165) is 37.8 Å². The predicted molar refractivity (Wildman–Crippen MR) is 73.0 cm³/mol. The number of nitrogens with one attached hydrogen (secondary N) is 1. The number of rotatable bonds is 5. The number of benzene rings is 1. The van der Waals surface area contributed by atoms with Gasteiger partial charge in [-0.25, -0.2) is 8.78 Å². The van der Waals surface area contributed by atoms with Crippen LogP contribution in [0.5, 0.6) is 0 Å². The molecule has 0 atom stereocenters. The number of hydrogen-bond donors (Lipinski definition) is 1. The molecule has 0 bridgehead atoms. The quantitative estimate of drug-likeness (QED) is 0.866. The van der Waals surface area contributed by atoms with Crippen molar-refractivity contribution >= 4 is 21.8 Å². The van der Waals surface area contributed by atoms with Gasteiger partial charge in [0.05, 0.1) is 0 Å². The summed E-state index contributed by atoms with van der Waals surface area (Å²) < 4.78 is 27.5. The van der Waals surface area contributed by atoms with E-state index >= 15 is 0 Å². The van der Waals surface area contributed by atoms with Gasteiger partial charge in [-0.15, -0.1) is 0 Å².